The summed E-state index contributed by atoms with van der Waals surface area (Å²) in [4.78, 5) is 14.7. The third-order valence-electron chi connectivity index (χ3n) is 3.39. The molecule has 0 N–H and O–H groups in total. The van der Waals surface area contributed by atoms with Crippen molar-refractivity contribution in [1.29, 1.82) is 0 Å². The molecule has 1 aliphatic rings. The van der Waals surface area contributed by atoms with Crippen molar-refractivity contribution >= 4 is 33.0 Å². The molecule has 19 heavy (non-hydrogen) atoms. The maximum absolute atomic E-state index is 12.5. The number of hydrogen-bond donors (Lipinski definition) is 0. The van der Waals surface area contributed by atoms with Crippen LogP contribution in [0.15, 0.2) is 28.7 Å². The van der Waals surface area contributed by atoms with E-state index in [2.05, 4.69) is 22.0 Å². The number of aryl methyl sites for hydroxylation is 2. The van der Waals surface area contributed by atoms with Gasteiger partial charge in [-0.3, -0.25) is 4.79 Å². The van der Waals surface area contributed by atoms with Gasteiger partial charge in [0, 0.05) is 14.9 Å². The van der Waals surface area contributed by atoms with E-state index in [0.717, 1.165) is 27.9 Å². The number of methoxy groups -OCH3 is 1. The van der Waals surface area contributed by atoms with E-state index in [1.54, 1.807) is 18.4 Å². The molecule has 1 aromatic carbocycles. The molecule has 2 nitrogen and oxygen atoms in total. The van der Waals surface area contributed by atoms with E-state index in [4.69, 9.17) is 4.74 Å². The fourth-order valence-corrected chi connectivity index (χ4v) is 4.13. The van der Waals surface area contributed by atoms with Crippen LogP contribution >= 0.6 is 27.3 Å². The van der Waals surface area contributed by atoms with Crippen molar-refractivity contribution in [2.75, 3.05) is 7.11 Å². The number of carbonyl (C=O) groups excluding carboxylic acids is 1. The monoisotopic (exact) mass is 336 g/mol. The number of ketones is 1. The van der Waals surface area contributed by atoms with Gasteiger partial charge in [0.1, 0.15) is 5.75 Å². The summed E-state index contributed by atoms with van der Waals surface area (Å²) in [5.41, 5.74) is 2.05. The van der Waals surface area contributed by atoms with Crippen LogP contribution in [0.1, 0.15) is 32.1 Å². The Morgan fingerprint density at radius 2 is 2.16 bits per heavy atom. The Morgan fingerprint density at radius 1 is 1.32 bits per heavy atom. The van der Waals surface area contributed by atoms with E-state index in [0.29, 0.717) is 5.56 Å². The molecule has 98 valence electrons. The lowest BCUT2D eigenvalue weighted by Crippen LogP contribution is -2.00. The molecule has 0 amide bonds. The molecular weight excluding hydrogens is 324 g/mol. The summed E-state index contributed by atoms with van der Waals surface area (Å²) in [7, 11) is 1.62. The van der Waals surface area contributed by atoms with Crippen LogP contribution in [0, 0.1) is 0 Å². The van der Waals surface area contributed by atoms with Crippen LogP contribution in [-0.2, 0) is 12.8 Å². The maximum Gasteiger partial charge on any atom is 0.204 e. The van der Waals surface area contributed by atoms with Crippen molar-refractivity contribution in [3.05, 3.63) is 49.6 Å². The molecule has 1 aliphatic carbocycles. The first-order chi connectivity index (χ1) is 9.19. The van der Waals surface area contributed by atoms with Gasteiger partial charge in [-0.05, 0) is 65.0 Å². The minimum atomic E-state index is 0.0916. The molecule has 0 fully saturated rings. The number of halogens is 1. The second-order valence-electron chi connectivity index (χ2n) is 4.59. The third-order valence-corrected chi connectivity index (χ3v) is 5.28. The van der Waals surface area contributed by atoms with E-state index in [-0.39, 0.29) is 5.78 Å². The first kappa shape index (κ1) is 12.9. The van der Waals surface area contributed by atoms with Crippen molar-refractivity contribution in [1.82, 2.24) is 0 Å². The van der Waals surface area contributed by atoms with Gasteiger partial charge in [-0.25, -0.2) is 0 Å². The lowest BCUT2D eigenvalue weighted by atomic mass is 10.1. The van der Waals surface area contributed by atoms with Gasteiger partial charge in [0.25, 0.3) is 0 Å². The zero-order valence-electron chi connectivity index (χ0n) is 10.5. The minimum absolute atomic E-state index is 0.0916. The number of thiophene rings is 1. The highest BCUT2D eigenvalue weighted by atomic mass is 79.9. The average molecular weight is 337 g/mol. The smallest absolute Gasteiger partial charge is 0.204 e. The van der Waals surface area contributed by atoms with Crippen LogP contribution in [0.5, 0.6) is 5.75 Å². The lowest BCUT2D eigenvalue weighted by molar-refractivity contribution is 0.104. The van der Waals surface area contributed by atoms with E-state index in [1.807, 2.05) is 18.2 Å². The van der Waals surface area contributed by atoms with Gasteiger partial charge >= 0.3 is 0 Å². The van der Waals surface area contributed by atoms with Crippen molar-refractivity contribution in [2.24, 2.45) is 0 Å². The molecule has 0 saturated heterocycles. The molecular formula is C15H13BrO2S. The predicted molar refractivity (Wildman–Crippen MR) is 80.5 cm³/mol. The summed E-state index contributed by atoms with van der Waals surface area (Å²) < 4.78 is 5.93. The van der Waals surface area contributed by atoms with Gasteiger partial charge in [-0.15, -0.1) is 11.3 Å². The summed E-state index contributed by atoms with van der Waals surface area (Å²) in [5, 5.41) is 0. The molecule has 0 saturated carbocycles. The third kappa shape index (κ3) is 2.35. The van der Waals surface area contributed by atoms with Gasteiger partial charge in [0.15, 0.2) is 0 Å². The zero-order valence-corrected chi connectivity index (χ0v) is 12.9. The van der Waals surface area contributed by atoms with E-state index in [9.17, 15) is 4.79 Å². The highest BCUT2D eigenvalue weighted by Crippen LogP contribution is 2.33. The summed E-state index contributed by atoms with van der Waals surface area (Å²) >= 11 is 5.09. The minimum Gasteiger partial charge on any atom is -0.497 e. The molecule has 1 aromatic heterocycles. The Bertz CT molecular complexity index is 624. The number of rotatable bonds is 3. The molecule has 0 spiro atoms. The van der Waals surface area contributed by atoms with Crippen LogP contribution in [0.2, 0.25) is 0 Å². The van der Waals surface area contributed by atoms with Crippen molar-refractivity contribution < 1.29 is 9.53 Å². The molecule has 0 bridgehead atoms. The molecule has 1 heterocycles. The van der Waals surface area contributed by atoms with E-state index < -0.39 is 0 Å². The second-order valence-corrected chi connectivity index (χ2v) is 6.58. The van der Waals surface area contributed by atoms with Gasteiger partial charge in [-0.1, -0.05) is 0 Å². The largest absolute Gasteiger partial charge is 0.497 e. The summed E-state index contributed by atoms with van der Waals surface area (Å²) in [6.07, 6.45) is 3.46. The molecule has 2 aromatic rings. The second kappa shape index (κ2) is 5.10. The van der Waals surface area contributed by atoms with Crippen LogP contribution in [0.4, 0.5) is 0 Å². The van der Waals surface area contributed by atoms with Crippen LogP contribution in [-0.4, -0.2) is 12.9 Å². The Hall–Kier alpha value is -1.13. The quantitative estimate of drug-likeness (QED) is 0.783. The predicted octanol–water partition coefficient (Wildman–Crippen LogP) is 4.24. The van der Waals surface area contributed by atoms with Gasteiger partial charge in [0.2, 0.25) is 5.78 Å². The first-order valence-electron chi connectivity index (χ1n) is 6.19. The van der Waals surface area contributed by atoms with Crippen molar-refractivity contribution in [3.8, 4) is 5.75 Å². The number of fused-ring (bicyclic) bond motifs is 1. The maximum atomic E-state index is 12.5. The molecule has 4 heteroatoms. The fraction of sp³-hybridized carbons (Fsp3) is 0.267. The topological polar surface area (TPSA) is 26.3 Å². The number of benzene rings is 1. The Labute approximate surface area is 124 Å². The molecule has 3 rings (SSSR count). The van der Waals surface area contributed by atoms with E-state index >= 15 is 0 Å². The molecule has 0 unspecified atom stereocenters. The Morgan fingerprint density at radius 3 is 2.84 bits per heavy atom. The summed E-state index contributed by atoms with van der Waals surface area (Å²) in [5.74, 6) is 0.839. The Balaban J connectivity index is 1.95. The standard InChI is InChI=1S/C15H13BrO2S/c1-18-10-5-6-11(12(16)8-10)15(17)14-7-9-3-2-4-13(9)19-14/h5-8H,2-4H2,1H3. The summed E-state index contributed by atoms with van der Waals surface area (Å²) in [6.45, 7) is 0. The highest BCUT2D eigenvalue weighted by Gasteiger charge is 2.20. The van der Waals surface area contributed by atoms with Crippen molar-refractivity contribution in [2.45, 2.75) is 19.3 Å². The van der Waals surface area contributed by atoms with Crippen LogP contribution in [0.25, 0.3) is 0 Å². The van der Waals surface area contributed by atoms with Gasteiger partial charge < -0.3 is 4.74 Å². The van der Waals surface area contributed by atoms with Crippen LogP contribution < -0.4 is 4.74 Å². The zero-order chi connectivity index (χ0) is 13.4. The first-order valence-corrected chi connectivity index (χ1v) is 7.80. The number of carbonyl (C=O) groups is 1. The fourth-order valence-electron chi connectivity index (χ4n) is 2.38. The van der Waals surface area contributed by atoms with Gasteiger partial charge in [-0.2, -0.15) is 0 Å². The van der Waals surface area contributed by atoms with Gasteiger partial charge in [0.05, 0.1) is 12.0 Å². The number of hydrogen-bond acceptors (Lipinski definition) is 3. The molecule has 0 aliphatic heterocycles. The molecule has 0 radical (unpaired) electrons. The molecule has 0 atom stereocenters. The summed E-state index contributed by atoms with van der Waals surface area (Å²) in [6, 6.07) is 7.52. The number of ether oxygens (including phenoxy) is 1. The normalized spacial score (nSPS) is 13.4. The Kier molecular flexibility index (Phi) is 3.46. The van der Waals surface area contributed by atoms with E-state index in [1.165, 1.54) is 16.9 Å². The average Bonchev–Trinajstić information content (AvgIpc) is 2.98. The SMILES string of the molecule is COc1ccc(C(=O)c2cc3c(s2)CCC3)c(Br)c1. The highest BCUT2D eigenvalue weighted by molar-refractivity contribution is 9.10. The lowest BCUT2D eigenvalue weighted by Gasteiger charge is -2.05. The van der Waals surface area contributed by atoms with Crippen LogP contribution in [0.3, 0.4) is 0 Å². The van der Waals surface area contributed by atoms with Crippen molar-refractivity contribution in [3.63, 3.8) is 0 Å².